The van der Waals surface area contributed by atoms with Crippen molar-refractivity contribution in [2.45, 2.75) is 89.8 Å². The topological polar surface area (TPSA) is 150 Å². The fourth-order valence-corrected chi connectivity index (χ4v) is 6.42. The Morgan fingerprint density at radius 2 is 1.98 bits per heavy atom. The molecule has 3 heterocycles. The third kappa shape index (κ3) is 6.68. The van der Waals surface area contributed by atoms with Gasteiger partial charge in [0.1, 0.15) is 29.8 Å². The van der Waals surface area contributed by atoms with Gasteiger partial charge in [0, 0.05) is 13.1 Å². The molecule has 0 spiro atoms. The number of hydrogen-bond donors (Lipinski definition) is 2. The minimum Gasteiger partial charge on any atom is -0.462 e. The number of aromatic nitrogens is 4. The van der Waals surface area contributed by atoms with Gasteiger partial charge in [0.15, 0.2) is 28.9 Å². The summed E-state index contributed by atoms with van der Waals surface area (Å²) in [6.45, 7) is 7.25. The number of anilines is 1. The first-order chi connectivity index (χ1) is 20.3. The van der Waals surface area contributed by atoms with Crippen LogP contribution in [0.5, 0.6) is 5.75 Å². The molecular formula is C28H38FN6O7P. The van der Waals surface area contributed by atoms with Gasteiger partial charge in [-0.2, -0.15) is 5.09 Å². The Hall–Kier alpha value is -3.16. The molecule has 0 amide bonds. The molecule has 15 heteroatoms. The van der Waals surface area contributed by atoms with Crippen molar-refractivity contribution >= 4 is 30.7 Å². The Morgan fingerprint density at radius 1 is 1.28 bits per heavy atom. The molecule has 2 aromatic heterocycles. The number of nitrogens with zero attached hydrogens (tertiary/aromatic N) is 5. The van der Waals surface area contributed by atoms with E-state index in [4.69, 9.17) is 18.5 Å². The summed E-state index contributed by atoms with van der Waals surface area (Å²) in [6.07, 6.45) is -1.16. The molecule has 1 aromatic carbocycles. The largest absolute Gasteiger partial charge is 0.462 e. The van der Waals surface area contributed by atoms with Crippen molar-refractivity contribution in [3.8, 4) is 5.75 Å². The Kier molecular flexibility index (Phi) is 8.79. The first-order valence-electron chi connectivity index (χ1n) is 14.2. The van der Waals surface area contributed by atoms with Crippen molar-refractivity contribution in [1.29, 1.82) is 0 Å². The molecule has 1 aliphatic carbocycles. The number of aryl methyl sites for hydroxylation is 1. The number of halogens is 1. The number of nitrogens with one attached hydrogen (secondary N) is 1. The van der Waals surface area contributed by atoms with Gasteiger partial charge in [-0.3, -0.25) is 13.9 Å². The summed E-state index contributed by atoms with van der Waals surface area (Å²) in [6, 6.07) is 7.51. The van der Waals surface area contributed by atoms with E-state index < -0.39 is 56.6 Å². The third-order valence-electron chi connectivity index (χ3n) is 7.35. The van der Waals surface area contributed by atoms with E-state index in [9.17, 15) is 14.5 Å². The van der Waals surface area contributed by atoms with Crippen LogP contribution in [0.4, 0.5) is 10.2 Å². The van der Waals surface area contributed by atoms with E-state index in [0.29, 0.717) is 28.8 Å². The van der Waals surface area contributed by atoms with E-state index in [1.54, 1.807) is 51.1 Å². The lowest BCUT2D eigenvalue weighted by atomic mass is 9.98. The maximum absolute atomic E-state index is 16.2. The highest BCUT2D eigenvalue weighted by molar-refractivity contribution is 7.52. The fourth-order valence-electron chi connectivity index (χ4n) is 4.92. The van der Waals surface area contributed by atoms with Gasteiger partial charge in [0.05, 0.1) is 19.0 Å². The summed E-state index contributed by atoms with van der Waals surface area (Å²) in [5.41, 5.74) is -1.47. The molecule has 43 heavy (non-hydrogen) atoms. The van der Waals surface area contributed by atoms with Crippen LogP contribution in [-0.4, -0.2) is 80.3 Å². The zero-order valence-electron chi connectivity index (χ0n) is 25.0. The van der Waals surface area contributed by atoms with E-state index in [2.05, 4.69) is 20.0 Å². The second kappa shape index (κ2) is 12.1. The summed E-state index contributed by atoms with van der Waals surface area (Å²) in [5, 5.41) is 13.6. The lowest BCUT2D eigenvalue weighted by molar-refractivity contribution is -0.149. The van der Waals surface area contributed by atoms with Gasteiger partial charge in [-0.25, -0.2) is 23.9 Å². The fraction of sp³-hybridized carbons (Fsp3) is 0.571. The number of para-hydroxylation sites is 1. The molecule has 1 saturated carbocycles. The van der Waals surface area contributed by atoms with Crippen molar-refractivity contribution in [3.05, 3.63) is 42.5 Å². The van der Waals surface area contributed by atoms with Crippen LogP contribution in [-0.2, 0) is 23.4 Å². The average Bonchev–Trinajstić information content (AvgIpc) is 3.67. The van der Waals surface area contributed by atoms with Gasteiger partial charge in [-0.05, 0) is 59.6 Å². The molecule has 234 valence electrons. The molecular weight excluding hydrogens is 582 g/mol. The van der Waals surface area contributed by atoms with Crippen LogP contribution < -0.4 is 14.5 Å². The van der Waals surface area contributed by atoms with Crippen molar-refractivity contribution in [2.75, 3.05) is 18.6 Å². The monoisotopic (exact) mass is 620 g/mol. The van der Waals surface area contributed by atoms with E-state index in [-0.39, 0.29) is 5.75 Å². The number of imidazole rings is 1. The van der Waals surface area contributed by atoms with Gasteiger partial charge in [-0.1, -0.05) is 18.2 Å². The third-order valence-corrected chi connectivity index (χ3v) is 8.99. The van der Waals surface area contributed by atoms with E-state index in [0.717, 1.165) is 12.8 Å². The van der Waals surface area contributed by atoms with Crippen LogP contribution in [0, 0.1) is 6.92 Å². The highest BCUT2D eigenvalue weighted by Gasteiger charge is 2.56. The van der Waals surface area contributed by atoms with Crippen LogP contribution in [0.15, 0.2) is 36.7 Å². The Bertz CT molecular complexity index is 1500. The predicted molar refractivity (Wildman–Crippen MR) is 155 cm³/mol. The zero-order chi connectivity index (χ0) is 31.1. The van der Waals surface area contributed by atoms with Crippen molar-refractivity contribution in [2.24, 2.45) is 0 Å². The van der Waals surface area contributed by atoms with E-state index in [1.165, 1.54) is 24.7 Å². The number of alkyl halides is 1. The summed E-state index contributed by atoms with van der Waals surface area (Å²) >= 11 is 0. The number of aliphatic hydroxyl groups excluding tert-OH is 1. The standard InChI is InChI=1S/C28H38FN6O7P/c1-16(2)40-26(37)17(3)33-43(38,42-20-10-8-7-9-11-20)39-14-21-23(36)28(5,29)27(41-21)35-15-30-22-24(34(6)19-12-13-19)31-18(4)32-25(22)35/h7-11,15-17,19,21,23,27,36H,12-14H2,1-6H3,(H,33,38)/t17-,21-,23-,27-,28-,43?/m1/s1. The molecule has 2 N–H and O–H groups in total. The van der Waals surface area contributed by atoms with Crippen LogP contribution in [0.3, 0.4) is 0 Å². The molecule has 2 fully saturated rings. The van der Waals surface area contributed by atoms with Crippen LogP contribution in [0.25, 0.3) is 11.2 Å². The first-order valence-corrected chi connectivity index (χ1v) is 15.8. The number of fused-ring (bicyclic) bond motifs is 1. The minimum absolute atomic E-state index is 0.204. The zero-order valence-corrected chi connectivity index (χ0v) is 25.9. The summed E-state index contributed by atoms with van der Waals surface area (Å²) < 4.78 is 54.0. The van der Waals surface area contributed by atoms with Gasteiger partial charge < -0.3 is 24.0 Å². The van der Waals surface area contributed by atoms with Gasteiger partial charge in [-0.15, -0.1) is 0 Å². The average molecular weight is 621 g/mol. The smallest absolute Gasteiger partial charge is 0.459 e. The summed E-state index contributed by atoms with van der Waals surface area (Å²) in [7, 11) is -2.33. The molecule has 1 unspecified atom stereocenters. The Balaban J connectivity index is 1.37. The SMILES string of the molecule is Cc1nc(N(C)C2CC2)c2ncn([C@@H]3O[C@H](COP(=O)(N[C@H](C)C(=O)OC(C)C)Oc4ccccc4)[C@@H](O)[C@@]3(C)F)c2n1. The number of benzene rings is 1. The second-order valence-electron chi connectivity index (χ2n) is 11.4. The maximum Gasteiger partial charge on any atom is 0.459 e. The summed E-state index contributed by atoms with van der Waals surface area (Å²) in [4.78, 5) is 28.0. The number of rotatable bonds is 12. The lowest BCUT2D eigenvalue weighted by Crippen LogP contribution is -2.41. The molecule has 0 radical (unpaired) electrons. The quantitative estimate of drug-likeness (QED) is 0.224. The summed E-state index contributed by atoms with van der Waals surface area (Å²) in [5.74, 6) is 0.652. The van der Waals surface area contributed by atoms with Gasteiger partial charge in [0.2, 0.25) is 0 Å². The predicted octanol–water partition coefficient (Wildman–Crippen LogP) is 3.85. The van der Waals surface area contributed by atoms with Crippen molar-refractivity contribution in [3.63, 3.8) is 0 Å². The maximum atomic E-state index is 16.2. The van der Waals surface area contributed by atoms with Crippen LogP contribution >= 0.6 is 7.75 Å². The minimum atomic E-state index is -4.27. The number of carbonyl (C=O) groups excluding carboxylic acids is 1. The number of aliphatic hydroxyl groups is 1. The van der Waals surface area contributed by atoms with Crippen LogP contribution in [0.2, 0.25) is 0 Å². The molecule has 1 saturated heterocycles. The molecule has 5 rings (SSSR count). The Morgan fingerprint density at radius 3 is 2.63 bits per heavy atom. The molecule has 0 bridgehead atoms. The van der Waals surface area contributed by atoms with E-state index in [1.807, 2.05) is 11.9 Å². The number of esters is 1. The molecule has 2 aliphatic rings. The lowest BCUT2D eigenvalue weighted by Gasteiger charge is -2.25. The van der Waals surface area contributed by atoms with Crippen LogP contribution in [0.1, 0.15) is 52.6 Å². The van der Waals surface area contributed by atoms with E-state index >= 15 is 4.39 Å². The van der Waals surface area contributed by atoms with Gasteiger partial charge >= 0.3 is 13.7 Å². The number of ether oxygens (including phenoxy) is 2. The molecule has 13 nitrogen and oxygen atoms in total. The normalized spacial score (nSPS) is 25.9. The number of carbonyl (C=O) groups is 1. The molecule has 6 atom stereocenters. The second-order valence-corrected chi connectivity index (χ2v) is 13.1. The Labute approximate surface area is 249 Å². The van der Waals surface area contributed by atoms with Crippen molar-refractivity contribution in [1.82, 2.24) is 24.6 Å². The first kappa shape index (κ1) is 31.3. The highest BCUT2D eigenvalue weighted by Crippen LogP contribution is 2.48. The van der Waals surface area contributed by atoms with Crippen molar-refractivity contribution < 1.29 is 37.4 Å². The van der Waals surface area contributed by atoms with Gasteiger partial charge in [0.25, 0.3) is 0 Å². The molecule has 3 aromatic rings. The number of hydrogen-bond acceptors (Lipinski definition) is 11. The molecule has 1 aliphatic heterocycles. The highest BCUT2D eigenvalue weighted by atomic mass is 31.2.